The SMILES string of the molecule is CCN(CC)CCCN1C(=O)C(=O)C(=C(O)c2ccc(OC)cc2)[C@H]1c1ccc(OC)cc1. The van der Waals surface area contributed by atoms with Gasteiger partial charge in [0.2, 0.25) is 0 Å². The second-order valence-electron chi connectivity index (χ2n) is 7.87. The van der Waals surface area contributed by atoms with E-state index < -0.39 is 17.7 Å². The van der Waals surface area contributed by atoms with Crippen LogP contribution >= 0.6 is 0 Å². The lowest BCUT2D eigenvalue weighted by Gasteiger charge is -2.27. The van der Waals surface area contributed by atoms with Crippen molar-refractivity contribution in [3.05, 3.63) is 65.2 Å². The Kier molecular flexibility index (Phi) is 8.11. The quantitative estimate of drug-likeness (QED) is 0.335. The Labute approximate surface area is 195 Å². The van der Waals surface area contributed by atoms with Gasteiger partial charge in [-0.15, -0.1) is 0 Å². The molecule has 0 bridgehead atoms. The fraction of sp³-hybridized carbons (Fsp3) is 0.385. The highest BCUT2D eigenvalue weighted by atomic mass is 16.5. The molecule has 1 atom stereocenters. The highest BCUT2D eigenvalue weighted by molar-refractivity contribution is 6.46. The molecule has 0 spiro atoms. The molecule has 1 heterocycles. The van der Waals surface area contributed by atoms with E-state index in [-0.39, 0.29) is 11.3 Å². The number of likely N-dealkylation sites (tertiary alicyclic amines) is 1. The van der Waals surface area contributed by atoms with Gasteiger partial charge in [0.25, 0.3) is 11.7 Å². The van der Waals surface area contributed by atoms with E-state index in [1.54, 1.807) is 55.5 Å². The van der Waals surface area contributed by atoms with Crippen molar-refractivity contribution in [2.24, 2.45) is 0 Å². The van der Waals surface area contributed by atoms with Crippen molar-refractivity contribution >= 4 is 17.4 Å². The summed E-state index contributed by atoms with van der Waals surface area (Å²) in [5, 5.41) is 11.1. The molecule has 2 aromatic rings. The molecule has 0 saturated carbocycles. The van der Waals surface area contributed by atoms with E-state index in [2.05, 4.69) is 18.7 Å². The second kappa shape index (κ2) is 11.0. The van der Waals surface area contributed by atoms with Crippen LogP contribution in [0.4, 0.5) is 0 Å². The summed E-state index contributed by atoms with van der Waals surface area (Å²) in [7, 11) is 3.14. The van der Waals surface area contributed by atoms with Crippen LogP contribution in [-0.2, 0) is 9.59 Å². The highest BCUT2D eigenvalue weighted by Gasteiger charge is 2.45. The van der Waals surface area contributed by atoms with E-state index in [0.717, 1.165) is 31.6 Å². The Balaban J connectivity index is 2.01. The summed E-state index contributed by atoms with van der Waals surface area (Å²) in [6.45, 7) is 7.29. The van der Waals surface area contributed by atoms with Crippen molar-refractivity contribution in [3.63, 3.8) is 0 Å². The zero-order chi connectivity index (χ0) is 24.0. The van der Waals surface area contributed by atoms with Gasteiger partial charge in [-0.2, -0.15) is 0 Å². The summed E-state index contributed by atoms with van der Waals surface area (Å²) in [6.07, 6.45) is 0.726. The molecule has 3 rings (SSSR count). The van der Waals surface area contributed by atoms with Crippen LogP contribution in [0, 0.1) is 0 Å². The summed E-state index contributed by atoms with van der Waals surface area (Å²) in [6, 6.07) is 13.3. The summed E-state index contributed by atoms with van der Waals surface area (Å²) in [4.78, 5) is 30.0. The summed E-state index contributed by atoms with van der Waals surface area (Å²) < 4.78 is 10.4. The van der Waals surface area contributed by atoms with Crippen LogP contribution in [0.3, 0.4) is 0 Å². The Morgan fingerprint density at radius 2 is 1.48 bits per heavy atom. The molecule has 0 aromatic heterocycles. The van der Waals surface area contributed by atoms with Crippen LogP contribution in [0.1, 0.15) is 37.4 Å². The molecule has 1 fully saturated rings. The van der Waals surface area contributed by atoms with Gasteiger partial charge in [-0.05, 0) is 68.0 Å². The Hall–Kier alpha value is -3.32. The number of hydrogen-bond acceptors (Lipinski definition) is 6. The van der Waals surface area contributed by atoms with Gasteiger partial charge >= 0.3 is 0 Å². The predicted molar refractivity (Wildman–Crippen MR) is 127 cm³/mol. The molecule has 1 N–H and O–H groups in total. The van der Waals surface area contributed by atoms with Gasteiger partial charge in [0.05, 0.1) is 25.8 Å². The largest absolute Gasteiger partial charge is 0.507 e. The molecule has 7 nitrogen and oxygen atoms in total. The van der Waals surface area contributed by atoms with Crippen LogP contribution in [-0.4, -0.2) is 67.0 Å². The van der Waals surface area contributed by atoms with Gasteiger partial charge in [-0.3, -0.25) is 9.59 Å². The smallest absolute Gasteiger partial charge is 0.295 e. The van der Waals surface area contributed by atoms with Gasteiger partial charge in [-0.25, -0.2) is 0 Å². The third-order valence-corrected chi connectivity index (χ3v) is 6.10. The third kappa shape index (κ3) is 5.20. The Morgan fingerprint density at radius 1 is 0.939 bits per heavy atom. The van der Waals surface area contributed by atoms with Gasteiger partial charge in [0, 0.05) is 12.1 Å². The van der Waals surface area contributed by atoms with Crippen LogP contribution in [0.5, 0.6) is 11.5 Å². The number of nitrogens with zero attached hydrogens (tertiary/aromatic N) is 2. The topological polar surface area (TPSA) is 79.3 Å². The monoisotopic (exact) mass is 452 g/mol. The Bertz CT molecular complexity index is 994. The highest BCUT2D eigenvalue weighted by Crippen LogP contribution is 2.40. The van der Waals surface area contributed by atoms with Crippen LogP contribution in [0.15, 0.2) is 54.1 Å². The molecule has 1 saturated heterocycles. The number of carbonyl (C=O) groups excluding carboxylic acids is 2. The number of ketones is 1. The number of carbonyl (C=O) groups is 2. The van der Waals surface area contributed by atoms with Crippen molar-refractivity contribution in [1.29, 1.82) is 0 Å². The molecule has 2 aromatic carbocycles. The third-order valence-electron chi connectivity index (χ3n) is 6.10. The van der Waals surface area contributed by atoms with Gasteiger partial charge in [0.1, 0.15) is 17.3 Å². The number of aliphatic hydroxyl groups excluding tert-OH is 1. The zero-order valence-electron chi connectivity index (χ0n) is 19.7. The van der Waals surface area contributed by atoms with Gasteiger partial charge < -0.3 is 24.4 Å². The molecule has 0 unspecified atom stereocenters. The van der Waals surface area contributed by atoms with E-state index in [0.29, 0.717) is 23.6 Å². The number of aliphatic hydroxyl groups is 1. The first-order valence-corrected chi connectivity index (χ1v) is 11.2. The average Bonchev–Trinajstić information content (AvgIpc) is 3.11. The maximum Gasteiger partial charge on any atom is 0.295 e. The molecular formula is C26H32N2O5. The Morgan fingerprint density at radius 3 is 2.00 bits per heavy atom. The van der Waals surface area contributed by atoms with E-state index in [9.17, 15) is 14.7 Å². The first-order valence-electron chi connectivity index (χ1n) is 11.2. The van der Waals surface area contributed by atoms with Gasteiger partial charge in [-0.1, -0.05) is 26.0 Å². The summed E-state index contributed by atoms with van der Waals surface area (Å²) in [5.41, 5.74) is 1.29. The fourth-order valence-corrected chi connectivity index (χ4v) is 4.15. The molecule has 0 radical (unpaired) electrons. The lowest BCUT2D eigenvalue weighted by molar-refractivity contribution is -0.140. The standard InChI is InChI=1S/C26H32N2O5/c1-5-27(6-2)16-7-17-28-23(18-8-12-20(32-3)13-9-18)22(25(30)26(28)31)24(29)19-10-14-21(33-4)15-11-19/h8-15,23,29H,5-7,16-17H2,1-4H3/t23-/m1/s1. The molecule has 1 aliphatic heterocycles. The van der Waals surface area contributed by atoms with Crippen molar-refractivity contribution in [1.82, 2.24) is 9.80 Å². The molecule has 1 aliphatic rings. The molecule has 7 heteroatoms. The van der Waals surface area contributed by atoms with Crippen molar-refractivity contribution in [2.45, 2.75) is 26.3 Å². The molecular weight excluding hydrogens is 420 g/mol. The number of rotatable bonds is 10. The zero-order valence-corrected chi connectivity index (χ0v) is 19.7. The summed E-state index contributed by atoms with van der Waals surface area (Å²) >= 11 is 0. The van der Waals surface area contributed by atoms with E-state index in [1.807, 2.05) is 12.1 Å². The van der Waals surface area contributed by atoms with Crippen molar-refractivity contribution in [2.75, 3.05) is 40.4 Å². The number of hydrogen-bond donors (Lipinski definition) is 1. The predicted octanol–water partition coefficient (Wildman–Crippen LogP) is 3.86. The molecule has 176 valence electrons. The number of ether oxygens (including phenoxy) is 2. The lowest BCUT2D eigenvalue weighted by Crippen LogP contribution is -2.33. The van der Waals surface area contributed by atoms with Crippen molar-refractivity contribution in [3.8, 4) is 11.5 Å². The fourth-order valence-electron chi connectivity index (χ4n) is 4.15. The van der Waals surface area contributed by atoms with Gasteiger partial charge in [0.15, 0.2) is 0 Å². The van der Waals surface area contributed by atoms with Crippen molar-refractivity contribution < 1.29 is 24.2 Å². The maximum absolute atomic E-state index is 13.1. The number of amides is 1. The van der Waals surface area contributed by atoms with E-state index in [4.69, 9.17) is 9.47 Å². The van der Waals surface area contributed by atoms with Crippen LogP contribution in [0.2, 0.25) is 0 Å². The number of Topliss-reactive ketones (excluding diaryl/α,β-unsaturated/α-hetero) is 1. The van der Waals surface area contributed by atoms with Crippen LogP contribution in [0.25, 0.3) is 5.76 Å². The average molecular weight is 453 g/mol. The minimum absolute atomic E-state index is 0.0955. The van der Waals surface area contributed by atoms with E-state index >= 15 is 0 Å². The minimum atomic E-state index is -0.674. The first-order chi connectivity index (χ1) is 15.9. The summed E-state index contributed by atoms with van der Waals surface area (Å²) in [5.74, 6) is -0.150. The second-order valence-corrected chi connectivity index (χ2v) is 7.87. The molecule has 1 amide bonds. The number of benzene rings is 2. The minimum Gasteiger partial charge on any atom is -0.507 e. The molecule has 33 heavy (non-hydrogen) atoms. The normalized spacial score (nSPS) is 17.6. The maximum atomic E-state index is 13.1. The molecule has 0 aliphatic carbocycles. The van der Waals surface area contributed by atoms with E-state index in [1.165, 1.54) is 0 Å². The van der Waals surface area contributed by atoms with Crippen LogP contribution < -0.4 is 9.47 Å². The lowest BCUT2D eigenvalue weighted by atomic mass is 9.95. The number of methoxy groups -OCH3 is 2. The first kappa shape index (κ1) is 24.3.